The predicted molar refractivity (Wildman–Crippen MR) is 94.9 cm³/mol. The molecule has 0 bridgehead atoms. The maximum absolute atomic E-state index is 6.14. The third kappa shape index (κ3) is 3.82. The molecule has 2 aromatic carbocycles. The second kappa shape index (κ2) is 8.06. The van der Waals surface area contributed by atoms with E-state index in [-0.39, 0.29) is 0 Å². The molecule has 3 rings (SSSR count). The lowest BCUT2D eigenvalue weighted by atomic mass is 9.96. The summed E-state index contributed by atoms with van der Waals surface area (Å²) < 4.78 is 17.1. The van der Waals surface area contributed by atoms with Crippen molar-refractivity contribution in [3.05, 3.63) is 53.6 Å². The molecule has 0 radical (unpaired) electrons. The van der Waals surface area contributed by atoms with Crippen molar-refractivity contribution in [3.63, 3.8) is 0 Å². The van der Waals surface area contributed by atoms with Crippen LogP contribution >= 0.6 is 0 Å². The minimum Gasteiger partial charge on any atom is -0.493 e. The Bertz CT molecular complexity index is 651. The van der Waals surface area contributed by atoms with Crippen molar-refractivity contribution in [3.8, 4) is 17.2 Å². The van der Waals surface area contributed by atoms with Crippen LogP contribution in [0.15, 0.2) is 42.5 Å². The Morgan fingerprint density at radius 3 is 2.38 bits per heavy atom. The fourth-order valence-corrected chi connectivity index (χ4v) is 3.13. The van der Waals surface area contributed by atoms with Crippen molar-refractivity contribution in [1.29, 1.82) is 0 Å². The molecule has 1 heterocycles. The van der Waals surface area contributed by atoms with Crippen molar-refractivity contribution < 1.29 is 14.2 Å². The van der Waals surface area contributed by atoms with Crippen LogP contribution in [0.4, 0.5) is 0 Å². The van der Waals surface area contributed by atoms with Gasteiger partial charge >= 0.3 is 0 Å². The molecule has 1 fully saturated rings. The minimum absolute atomic E-state index is 0.296. The van der Waals surface area contributed by atoms with E-state index in [0.717, 1.165) is 35.6 Å². The average Bonchev–Trinajstić information content (AvgIpc) is 2.67. The van der Waals surface area contributed by atoms with Gasteiger partial charge in [-0.1, -0.05) is 36.8 Å². The van der Waals surface area contributed by atoms with Crippen molar-refractivity contribution in [2.75, 3.05) is 20.8 Å². The van der Waals surface area contributed by atoms with E-state index in [1.54, 1.807) is 14.2 Å². The summed E-state index contributed by atoms with van der Waals surface area (Å²) in [6.45, 7) is 1.58. The van der Waals surface area contributed by atoms with E-state index in [4.69, 9.17) is 14.2 Å². The zero-order chi connectivity index (χ0) is 16.8. The third-order valence-corrected chi connectivity index (χ3v) is 4.44. The highest BCUT2D eigenvalue weighted by atomic mass is 16.5. The summed E-state index contributed by atoms with van der Waals surface area (Å²) in [6.07, 6.45) is 3.56. The highest BCUT2D eigenvalue weighted by molar-refractivity contribution is 5.52. The molecule has 0 aliphatic carbocycles. The van der Waals surface area contributed by atoms with Gasteiger partial charge in [-0.2, -0.15) is 0 Å². The standard InChI is InChI=1S/C20H25NO3/c1-22-19-12-16(17-10-6-7-11-21-17)18(13-20(19)23-2)24-14-15-8-4-3-5-9-15/h3-5,8-9,12-13,17,21H,6-7,10-11,14H2,1-2H3/t17-/m0/s1. The Hall–Kier alpha value is -2.20. The summed E-state index contributed by atoms with van der Waals surface area (Å²) in [4.78, 5) is 0. The van der Waals surface area contributed by atoms with E-state index in [1.165, 1.54) is 12.8 Å². The summed E-state index contributed by atoms with van der Waals surface area (Å²) in [5.74, 6) is 2.29. The van der Waals surface area contributed by atoms with Crippen LogP contribution in [0.25, 0.3) is 0 Å². The van der Waals surface area contributed by atoms with Gasteiger partial charge in [0.05, 0.1) is 14.2 Å². The smallest absolute Gasteiger partial charge is 0.164 e. The Kier molecular flexibility index (Phi) is 5.59. The maximum Gasteiger partial charge on any atom is 0.164 e. The quantitative estimate of drug-likeness (QED) is 0.867. The van der Waals surface area contributed by atoms with Crippen LogP contribution in [0.1, 0.15) is 36.4 Å². The van der Waals surface area contributed by atoms with Crippen molar-refractivity contribution in [1.82, 2.24) is 5.32 Å². The number of hydrogen-bond acceptors (Lipinski definition) is 4. The van der Waals surface area contributed by atoms with E-state index in [2.05, 4.69) is 17.4 Å². The fourth-order valence-electron chi connectivity index (χ4n) is 3.13. The lowest BCUT2D eigenvalue weighted by Crippen LogP contribution is -2.27. The van der Waals surface area contributed by atoms with E-state index < -0.39 is 0 Å². The molecule has 0 unspecified atom stereocenters. The van der Waals surface area contributed by atoms with Gasteiger partial charge in [0, 0.05) is 17.7 Å². The predicted octanol–water partition coefficient (Wildman–Crippen LogP) is 4.10. The molecule has 0 saturated carbocycles. The monoisotopic (exact) mass is 327 g/mol. The molecule has 0 amide bonds. The Morgan fingerprint density at radius 1 is 0.958 bits per heavy atom. The first-order valence-corrected chi connectivity index (χ1v) is 8.48. The summed E-state index contributed by atoms with van der Waals surface area (Å²) in [5.41, 5.74) is 2.29. The normalized spacial score (nSPS) is 17.3. The van der Waals surface area contributed by atoms with Gasteiger partial charge in [0.15, 0.2) is 11.5 Å². The summed E-state index contributed by atoms with van der Waals surface area (Å²) in [5, 5.41) is 3.59. The third-order valence-electron chi connectivity index (χ3n) is 4.44. The molecule has 1 saturated heterocycles. The van der Waals surface area contributed by atoms with Crippen molar-refractivity contribution >= 4 is 0 Å². The van der Waals surface area contributed by atoms with Gasteiger partial charge in [-0.3, -0.25) is 0 Å². The molecule has 0 aromatic heterocycles. The first-order chi connectivity index (χ1) is 11.8. The van der Waals surface area contributed by atoms with Crippen LogP contribution in [0, 0.1) is 0 Å². The average molecular weight is 327 g/mol. The number of ether oxygens (including phenoxy) is 3. The molecule has 128 valence electrons. The van der Waals surface area contributed by atoms with E-state index >= 15 is 0 Å². The molecule has 24 heavy (non-hydrogen) atoms. The highest BCUT2D eigenvalue weighted by Gasteiger charge is 2.22. The van der Waals surface area contributed by atoms with Crippen LogP contribution in [-0.2, 0) is 6.61 Å². The van der Waals surface area contributed by atoms with E-state index in [0.29, 0.717) is 18.4 Å². The van der Waals surface area contributed by atoms with Crippen LogP contribution in [-0.4, -0.2) is 20.8 Å². The van der Waals surface area contributed by atoms with E-state index in [1.807, 2.05) is 30.3 Å². The lowest BCUT2D eigenvalue weighted by molar-refractivity contribution is 0.288. The fraction of sp³-hybridized carbons (Fsp3) is 0.400. The molecule has 0 spiro atoms. The molecular formula is C20H25NO3. The summed E-state index contributed by atoms with van der Waals surface area (Å²) in [7, 11) is 3.32. The Morgan fingerprint density at radius 2 is 1.71 bits per heavy atom. The number of rotatable bonds is 6. The molecule has 1 N–H and O–H groups in total. The van der Waals surface area contributed by atoms with Crippen LogP contribution in [0.2, 0.25) is 0 Å². The van der Waals surface area contributed by atoms with Gasteiger partial charge in [0.1, 0.15) is 12.4 Å². The van der Waals surface area contributed by atoms with Crippen molar-refractivity contribution in [2.45, 2.75) is 31.9 Å². The van der Waals surface area contributed by atoms with Gasteiger partial charge in [-0.15, -0.1) is 0 Å². The number of nitrogens with one attached hydrogen (secondary N) is 1. The Labute approximate surface area is 143 Å². The molecule has 1 atom stereocenters. The zero-order valence-electron chi connectivity index (χ0n) is 14.4. The molecule has 4 heteroatoms. The van der Waals surface area contributed by atoms with Gasteiger partial charge in [-0.25, -0.2) is 0 Å². The maximum atomic E-state index is 6.14. The first-order valence-electron chi connectivity index (χ1n) is 8.48. The number of methoxy groups -OCH3 is 2. The highest BCUT2D eigenvalue weighted by Crippen LogP contribution is 2.39. The largest absolute Gasteiger partial charge is 0.493 e. The van der Waals surface area contributed by atoms with E-state index in [9.17, 15) is 0 Å². The molecular weight excluding hydrogens is 302 g/mol. The Balaban J connectivity index is 1.88. The summed E-state index contributed by atoms with van der Waals surface area (Å²) >= 11 is 0. The van der Waals surface area contributed by atoms with Crippen LogP contribution < -0.4 is 19.5 Å². The number of piperidine rings is 1. The molecule has 1 aliphatic heterocycles. The topological polar surface area (TPSA) is 39.7 Å². The summed E-state index contributed by atoms with van der Waals surface area (Å²) in [6, 6.07) is 14.5. The van der Waals surface area contributed by atoms with Gasteiger partial charge in [0.25, 0.3) is 0 Å². The first kappa shape index (κ1) is 16.7. The SMILES string of the molecule is COc1cc(OCc2ccccc2)c([C@@H]2CCCCN2)cc1OC. The molecule has 1 aliphatic rings. The van der Waals surface area contributed by atoms with Gasteiger partial charge in [0.2, 0.25) is 0 Å². The zero-order valence-corrected chi connectivity index (χ0v) is 14.4. The van der Waals surface area contributed by atoms with Crippen LogP contribution in [0.3, 0.4) is 0 Å². The van der Waals surface area contributed by atoms with Gasteiger partial charge < -0.3 is 19.5 Å². The number of hydrogen-bond donors (Lipinski definition) is 1. The minimum atomic E-state index is 0.296. The van der Waals surface area contributed by atoms with Crippen LogP contribution in [0.5, 0.6) is 17.2 Å². The lowest BCUT2D eigenvalue weighted by Gasteiger charge is -2.26. The van der Waals surface area contributed by atoms with Crippen molar-refractivity contribution in [2.24, 2.45) is 0 Å². The number of benzene rings is 2. The second-order valence-corrected chi connectivity index (χ2v) is 6.02. The molecule has 4 nitrogen and oxygen atoms in total. The second-order valence-electron chi connectivity index (χ2n) is 6.02. The van der Waals surface area contributed by atoms with Gasteiger partial charge in [-0.05, 0) is 31.0 Å². The molecule has 2 aromatic rings.